The lowest BCUT2D eigenvalue weighted by Crippen LogP contribution is -2.23. The maximum atomic E-state index is 13.1. The molecule has 0 aliphatic rings. The number of thiazole rings is 1. The Balaban J connectivity index is 1.69. The number of hydrogen-bond acceptors (Lipinski definition) is 8. The Labute approximate surface area is 199 Å². The Hall–Kier alpha value is -3.14. The van der Waals surface area contributed by atoms with Crippen molar-refractivity contribution in [2.75, 3.05) is 0 Å². The summed E-state index contributed by atoms with van der Waals surface area (Å²) in [6.07, 6.45) is 1.59. The highest BCUT2D eigenvalue weighted by molar-refractivity contribution is 7.09. The molecular formula is C23H22ClN5O3S. The molecule has 3 heterocycles. The number of halogens is 1. The first-order valence-corrected chi connectivity index (χ1v) is 11.4. The van der Waals surface area contributed by atoms with Crippen LogP contribution in [0.4, 0.5) is 0 Å². The van der Waals surface area contributed by atoms with E-state index in [0.29, 0.717) is 23.0 Å². The van der Waals surface area contributed by atoms with E-state index in [1.54, 1.807) is 39.1 Å². The molecule has 33 heavy (non-hydrogen) atoms. The number of nitrogens with zero attached hydrogens (tertiary/aromatic N) is 5. The van der Waals surface area contributed by atoms with Crippen LogP contribution < -0.4 is 10.3 Å². The molecule has 170 valence electrons. The first kappa shape index (κ1) is 23.0. The molecule has 0 unspecified atom stereocenters. The fraction of sp³-hybridized carbons (Fsp3) is 0.261. The van der Waals surface area contributed by atoms with Gasteiger partial charge in [-0.2, -0.15) is 4.98 Å². The van der Waals surface area contributed by atoms with Crippen molar-refractivity contribution in [1.29, 1.82) is 0 Å². The third-order valence-electron chi connectivity index (χ3n) is 4.79. The van der Waals surface area contributed by atoms with Gasteiger partial charge in [0.1, 0.15) is 18.0 Å². The van der Waals surface area contributed by atoms with Gasteiger partial charge in [-0.25, -0.2) is 15.0 Å². The van der Waals surface area contributed by atoms with Gasteiger partial charge in [-0.3, -0.25) is 9.36 Å². The lowest BCUT2D eigenvalue weighted by Gasteiger charge is -2.16. The summed E-state index contributed by atoms with van der Waals surface area (Å²) in [4.78, 5) is 30.5. The molecule has 8 nitrogen and oxygen atoms in total. The van der Waals surface area contributed by atoms with Crippen LogP contribution in [-0.4, -0.2) is 29.6 Å². The van der Waals surface area contributed by atoms with Crippen molar-refractivity contribution in [2.45, 2.75) is 39.9 Å². The molecule has 4 aromatic rings. The minimum atomic E-state index is -1.17. The van der Waals surface area contributed by atoms with Crippen molar-refractivity contribution in [3.05, 3.63) is 79.6 Å². The number of aryl methyl sites for hydroxylation is 2. The van der Waals surface area contributed by atoms with Crippen LogP contribution >= 0.6 is 22.9 Å². The molecule has 0 aliphatic carbocycles. The van der Waals surface area contributed by atoms with Crippen LogP contribution in [0, 0.1) is 13.8 Å². The van der Waals surface area contributed by atoms with Gasteiger partial charge in [0.2, 0.25) is 5.88 Å². The molecule has 0 spiro atoms. The maximum absolute atomic E-state index is 13.1. The molecule has 1 aromatic carbocycles. The fourth-order valence-corrected chi connectivity index (χ4v) is 4.00. The Kier molecular flexibility index (Phi) is 6.29. The van der Waals surface area contributed by atoms with Crippen LogP contribution in [0.5, 0.6) is 5.88 Å². The lowest BCUT2D eigenvalue weighted by atomic mass is 10.1. The second-order valence-electron chi connectivity index (χ2n) is 7.94. The van der Waals surface area contributed by atoms with Crippen molar-refractivity contribution in [1.82, 2.24) is 24.5 Å². The van der Waals surface area contributed by atoms with E-state index >= 15 is 0 Å². The molecule has 0 atom stereocenters. The van der Waals surface area contributed by atoms with E-state index in [-0.39, 0.29) is 17.5 Å². The van der Waals surface area contributed by atoms with Gasteiger partial charge < -0.3 is 9.84 Å². The molecule has 0 aliphatic heterocycles. The summed E-state index contributed by atoms with van der Waals surface area (Å²) in [5.74, 6) is 0.800. The van der Waals surface area contributed by atoms with E-state index in [2.05, 4.69) is 19.9 Å². The Morgan fingerprint density at radius 1 is 1.18 bits per heavy atom. The van der Waals surface area contributed by atoms with Crippen LogP contribution in [0.3, 0.4) is 0 Å². The molecule has 0 amide bonds. The molecular weight excluding hydrogens is 462 g/mol. The van der Waals surface area contributed by atoms with Gasteiger partial charge in [0.05, 0.1) is 22.1 Å². The van der Waals surface area contributed by atoms with E-state index in [9.17, 15) is 9.90 Å². The van der Waals surface area contributed by atoms with Gasteiger partial charge >= 0.3 is 0 Å². The Morgan fingerprint density at radius 2 is 1.97 bits per heavy atom. The lowest BCUT2D eigenvalue weighted by molar-refractivity contribution is 0.0688. The zero-order valence-corrected chi connectivity index (χ0v) is 20.1. The zero-order valence-electron chi connectivity index (χ0n) is 18.5. The van der Waals surface area contributed by atoms with E-state index in [0.717, 1.165) is 16.3 Å². The van der Waals surface area contributed by atoms with Crippen LogP contribution in [-0.2, 0) is 12.2 Å². The quantitative estimate of drug-likeness (QED) is 0.438. The minimum absolute atomic E-state index is 0.0721. The van der Waals surface area contributed by atoms with Crippen LogP contribution in [0.25, 0.3) is 16.9 Å². The summed E-state index contributed by atoms with van der Waals surface area (Å²) < 4.78 is 7.09. The van der Waals surface area contributed by atoms with Crippen LogP contribution in [0.15, 0.2) is 46.7 Å². The van der Waals surface area contributed by atoms with Crippen LogP contribution in [0.1, 0.15) is 36.2 Å². The predicted molar refractivity (Wildman–Crippen MR) is 127 cm³/mol. The standard InChI is InChI=1S/C23H22ClN5O3S/c1-13-26-20(32-11-16-12-33-14(2)27-16)19(24)21(30)29(13)17-7-5-6-15(10-17)18-8-9-25-22(28-18)23(3,4)31/h5-10,12,31H,11H2,1-4H3. The molecule has 3 aromatic heterocycles. The maximum Gasteiger partial charge on any atom is 0.280 e. The van der Waals surface area contributed by atoms with E-state index in [1.807, 2.05) is 30.5 Å². The molecule has 0 radical (unpaired) electrons. The van der Waals surface area contributed by atoms with Crippen molar-refractivity contribution in [2.24, 2.45) is 0 Å². The second-order valence-corrected chi connectivity index (χ2v) is 9.38. The van der Waals surface area contributed by atoms with Crippen molar-refractivity contribution < 1.29 is 9.84 Å². The number of aliphatic hydroxyl groups is 1. The highest BCUT2D eigenvalue weighted by Gasteiger charge is 2.20. The topological polar surface area (TPSA) is 103 Å². The number of benzene rings is 1. The summed E-state index contributed by atoms with van der Waals surface area (Å²) in [6.45, 7) is 7.04. The summed E-state index contributed by atoms with van der Waals surface area (Å²) in [5.41, 5.74) is 1.08. The van der Waals surface area contributed by atoms with Gasteiger partial charge in [0.15, 0.2) is 10.8 Å². The average molecular weight is 484 g/mol. The Bertz CT molecular complexity index is 1380. The molecule has 0 bridgehead atoms. The van der Waals surface area contributed by atoms with Crippen molar-refractivity contribution >= 4 is 22.9 Å². The average Bonchev–Trinajstić information content (AvgIpc) is 3.20. The van der Waals surface area contributed by atoms with Gasteiger partial charge in [0, 0.05) is 17.1 Å². The van der Waals surface area contributed by atoms with Crippen molar-refractivity contribution in [3.8, 4) is 22.8 Å². The zero-order chi connectivity index (χ0) is 23.8. The van der Waals surface area contributed by atoms with Crippen LogP contribution in [0.2, 0.25) is 5.02 Å². The first-order chi connectivity index (χ1) is 15.6. The molecule has 4 rings (SSSR count). The van der Waals surface area contributed by atoms with Gasteiger partial charge in [-0.1, -0.05) is 23.7 Å². The van der Waals surface area contributed by atoms with E-state index in [4.69, 9.17) is 16.3 Å². The van der Waals surface area contributed by atoms with E-state index < -0.39 is 11.2 Å². The molecule has 10 heteroatoms. The smallest absolute Gasteiger partial charge is 0.280 e. The number of ether oxygens (including phenoxy) is 1. The number of hydrogen-bond donors (Lipinski definition) is 1. The largest absolute Gasteiger partial charge is 0.470 e. The molecule has 0 saturated carbocycles. The first-order valence-electron chi connectivity index (χ1n) is 10.1. The summed E-state index contributed by atoms with van der Waals surface area (Å²) in [7, 11) is 0. The summed E-state index contributed by atoms with van der Waals surface area (Å²) >= 11 is 7.85. The molecule has 0 saturated heterocycles. The SMILES string of the molecule is Cc1nc(COc2nc(C)n(-c3cccc(-c4ccnc(C(C)(C)O)n4)c3)c(=O)c2Cl)cs1. The predicted octanol–water partition coefficient (Wildman–Crippen LogP) is 4.22. The monoisotopic (exact) mass is 483 g/mol. The highest BCUT2D eigenvalue weighted by atomic mass is 35.5. The number of rotatable bonds is 6. The highest BCUT2D eigenvalue weighted by Crippen LogP contribution is 2.25. The summed E-state index contributed by atoms with van der Waals surface area (Å²) in [5, 5.41) is 12.9. The molecule has 0 fully saturated rings. The van der Waals surface area contributed by atoms with Gasteiger partial charge in [-0.05, 0) is 45.9 Å². The third-order valence-corrected chi connectivity index (χ3v) is 5.94. The van der Waals surface area contributed by atoms with Crippen molar-refractivity contribution in [3.63, 3.8) is 0 Å². The number of aromatic nitrogens is 5. The third kappa shape index (κ3) is 4.95. The van der Waals surface area contributed by atoms with Gasteiger partial charge in [0.25, 0.3) is 5.56 Å². The normalized spacial score (nSPS) is 11.6. The van der Waals surface area contributed by atoms with Gasteiger partial charge in [-0.15, -0.1) is 11.3 Å². The Morgan fingerprint density at radius 3 is 2.67 bits per heavy atom. The minimum Gasteiger partial charge on any atom is -0.470 e. The second kappa shape index (κ2) is 9.01. The summed E-state index contributed by atoms with van der Waals surface area (Å²) in [6, 6.07) is 9.01. The van der Waals surface area contributed by atoms with E-state index in [1.165, 1.54) is 15.9 Å². The molecule has 1 N–H and O–H groups in total. The fourth-order valence-electron chi connectivity index (χ4n) is 3.22.